The SMILES string of the molecule is COC(=O)c1sccc1NC(=O)C#Cc1ccccc1. The van der Waals surface area contributed by atoms with Crippen LogP contribution in [-0.2, 0) is 9.53 Å². The first-order chi connectivity index (χ1) is 9.70. The van der Waals surface area contributed by atoms with Gasteiger partial charge in [0.25, 0.3) is 0 Å². The normalized spacial score (nSPS) is 9.25. The van der Waals surface area contributed by atoms with Gasteiger partial charge < -0.3 is 10.1 Å². The van der Waals surface area contributed by atoms with Crippen LogP contribution in [0.5, 0.6) is 0 Å². The molecule has 0 spiro atoms. The van der Waals surface area contributed by atoms with Crippen LogP contribution in [0.2, 0.25) is 0 Å². The van der Waals surface area contributed by atoms with E-state index in [0.717, 1.165) is 5.56 Å². The summed E-state index contributed by atoms with van der Waals surface area (Å²) >= 11 is 1.20. The van der Waals surface area contributed by atoms with Crippen LogP contribution >= 0.6 is 11.3 Å². The molecule has 0 unspecified atom stereocenters. The topological polar surface area (TPSA) is 55.4 Å². The minimum atomic E-state index is -0.480. The molecule has 5 heteroatoms. The number of hydrogen-bond acceptors (Lipinski definition) is 4. The van der Waals surface area contributed by atoms with Gasteiger partial charge in [-0.3, -0.25) is 4.79 Å². The Balaban J connectivity index is 2.08. The molecule has 2 rings (SSSR count). The molecular weight excluding hydrogens is 274 g/mol. The maximum atomic E-state index is 11.7. The number of ether oxygens (including phenoxy) is 1. The van der Waals surface area contributed by atoms with Crippen LogP contribution in [0, 0.1) is 11.8 Å². The van der Waals surface area contributed by atoms with E-state index >= 15 is 0 Å². The van der Waals surface area contributed by atoms with E-state index in [1.54, 1.807) is 11.4 Å². The Labute approximate surface area is 120 Å². The predicted octanol–water partition coefficient (Wildman–Crippen LogP) is 2.52. The maximum absolute atomic E-state index is 11.7. The molecule has 2 aromatic rings. The number of carbonyl (C=O) groups is 2. The van der Waals surface area contributed by atoms with Crippen molar-refractivity contribution in [1.82, 2.24) is 0 Å². The Hall–Kier alpha value is -2.58. The van der Waals surface area contributed by atoms with Crippen LogP contribution in [0.4, 0.5) is 5.69 Å². The number of rotatable bonds is 2. The van der Waals surface area contributed by atoms with E-state index in [1.807, 2.05) is 30.3 Å². The molecule has 0 fully saturated rings. The van der Waals surface area contributed by atoms with Gasteiger partial charge in [0.1, 0.15) is 4.88 Å². The van der Waals surface area contributed by atoms with E-state index < -0.39 is 11.9 Å². The number of esters is 1. The third-order valence-electron chi connectivity index (χ3n) is 2.38. The van der Waals surface area contributed by atoms with Gasteiger partial charge in [0.2, 0.25) is 0 Å². The zero-order valence-electron chi connectivity index (χ0n) is 10.7. The second-order valence-corrected chi connectivity index (χ2v) is 4.64. The van der Waals surface area contributed by atoms with Gasteiger partial charge in [-0.15, -0.1) is 11.3 Å². The van der Waals surface area contributed by atoms with Crippen LogP contribution in [0.25, 0.3) is 0 Å². The Morgan fingerprint density at radius 3 is 2.65 bits per heavy atom. The van der Waals surface area contributed by atoms with E-state index in [4.69, 9.17) is 0 Å². The number of amides is 1. The van der Waals surface area contributed by atoms with Gasteiger partial charge in [0, 0.05) is 11.5 Å². The molecular formula is C15H11NO3S. The van der Waals surface area contributed by atoms with Gasteiger partial charge in [-0.05, 0) is 23.6 Å². The minimum absolute atomic E-state index is 0.349. The van der Waals surface area contributed by atoms with Crippen LogP contribution in [-0.4, -0.2) is 19.0 Å². The molecule has 0 saturated carbocycles. The van der Waals surface area contributed by atoms with Crippen molar-refractivity contribution in [3.8, 4) is 11.8 Å². The van der Waals surface area contributed by atoms with E-state index in [-0.39, 0.29) is 0 Å². The molecule has 4 nitrogen and oxygen atoms in total. The summed E-state index contributed by atoms with van der Waals surface area (Å²) in [5, 5.41) is 4.27. The second-order valence-electron chi connectivity index (χ2n) is 3.73. The zero-order valence-corrected chi connectivity index (χ0v) is 11.5. The lowest BCUT2D eigenvalue weighted by Crippen LogP contribution is -2.11. The quantitative estimate of drug-likeness (QED) is 0.681. The molecule has 20 heavy (non-hydrogen) atoms. The van der Waals surface area contributed by atoms with E-state index in [1.165, 1.54) is 18.4 Å². The zero-order chi connectivity index (χ0) is 14.4. The van der Waals surface area contributed by atoms with Crippen LogP contribution < -0.4 is 5.32 Å². The highest BCUT2D eigenvalue weighted by Crippen LogP contribution is 2.22. The third kappa shape index (κ3) is 3.46. The lowest BCUT2D eigenvalue weighted by Gasteiger charge is -2.01. The summed E-state index contributed by atoms with van der Waals surface area (Å²) in [5.41, 5.74) is 1.16. The van der Waals surface area contributed by atoms with Crippen molar-refractivity contribution in [3.05, 3.63) is 52.2 Å². The molecule has 1 aromatic heterocycles. The molecule has 1 amide bonds. The number of benzene rings is 1. The molecule has 0 aliphatic carbocycles. The number of carbonyl (C=O) groups excluding carboxylic acids is 2. The number of hydrogen-bond donors (Lipinski definition) is 1. The van der Waals surface area contributed by atoms with Crippen molar-refractivity contribution >= 4 is 28.9 Å². The summed E-state index contributed by atoms with van der Waals surface area (Å²) in [6.45, 7) is 0. The number of thiophene rings is 1. The molecule has 0 atom stereocenters. The Morgan fingerprint density at radius 2 is 1.95 bits per heavy atom. The minimum Gasteiger partial charge on any atom is -0.465 e. The van der Waals surface area contributed by atoms with Crippen LogP contribution in [0.15, 0.2) is 41.8 Å². The molecule has 0 saturated heterocycles. The van der Waals surface area contributed by atoms with Gasteiger partial charge in [0.05, 0.1) is 12.8 Å². The molecule has 1 heterocycles. The van der Waals surface area contributed by atoms with E-state index in [9.17, 15) is 9.59 Å². The fourth-order valence-corrected chi connectivity index (χ4v) is 2.23. The summed E-state index contributed by atoms with van der Waals surface area (Å²) in [4.78, 5) is 23.5. The highest BCUT2D eigenvalue weighted by molar-refractivity contribution is 7.12. The van der Waals surface area contributed by atoms with Crippen molar-refractivity contribution < 1.29 is 14.3 Å². The summed E-state index contributed by atoms with van der Waals surface area (Å²) in [7, 11) is 1.29. The van der Waals surface area contributed by atoms with E-state index in [2.05, 4.69) is 21.9 Å². The van der Waals surface area contributed by atoms with Gasteiger partial charge in [-0.2, -0.15) is 0 Å². The smallest absolute Gasteiger partial charge is 0.350 e. The van der Waals surface area contributed by atoms with Crippen LogP contribution in [0.1, 0.15) is 15.2 Å². The average molecular weight is 285 g/mol. The summed E-state index contributed by atoms with van der Waals surface area (Å²) in [6, 6.07) is 10.8. The number of anilines is 1. The number of methoxy groups -OCH3 is 1. The molecule has 0 aliphatic heterocycles. The lowest BCUT2D eigenvalue weighted by molar-refractivity contribution is -0.111. The summed E-state index contributed by atoms with van der Waals surface area (Å²) in [5.74, 6) is 4.26. The summed E-state index contributed by atoms with van der Waals surface area (Å²) in [6.07, 6.45) is 0. The molecule has 1 N–H and O–H groups in total. The fourth-order valence-electron chi connectivity index (χ4n) is 1.46. The van der Waals surface area contributed by atoms with E-state index in [0.29, 0.717) is 10.6 Å². The van der Waals surface area contributed by atoms with Gasteiger partial charge >= 0.3 is 11.9 Å². The van der Waals surface area contributed by atoms with Crippen molar-refractivity contribution in [2.45, 2.75) is 0 Å². The first-order valence-corrected chi connectivity index (χ1v) is 6.62. The Morgan fingerprint density at radius 1 is 1.20 bits per heavy atom. The standard InChI is InChI=1S/C15H11NO3S/c1-19-15(18)14-12(9-10-20-14)16-13(17)8-7-11-5-3-2-4-6-11/h2-6,9-10H,1H3,(H,16,17). The third-order valence-corrected chi connectivity index (χ3v) is 3.27. The summed E-state index contributed by atoms with van der Waals surface area (Å²) < 4.78 is 4.63. The molecule has 1 aromatic carbocycles. The Kier molecular flexibility index (Phi) is 4.53. The van der Waals surface area contributed by atoms with Crippen molar-refractivity contribution in [3.63, 3.8) is 0 Å². The van der Waals surface area contributed by atoms with Crippen molar-refractivity contribution in [2.75, 3.05) is 12.4 Å². The monoisotopic (exact) mass is 285 g/mol. The molecule has 100 valence electrons. The van der Waals surface area contributed by atoms with Crippen molar-refractivity contribution in [2.24, 2.45) is 0 Å². The maximum Gasteiger partial charge on any atom is 0.350 e. The van der Waals surface area contributed by atoms with Gasteiger partial charge in [-0.1, -0.05) is 24.1 Å². The van der Waals surface area contributed by atoms with Crippen LogP contribution in [0.3, 0.4) is 0 Å². The fraction of sp³-hybridized carbons (Fsp3) is 0.0667. The highest BCUT2D eigenvalue weighted by Gasteiger charge is 2.14. The average Bonchev–Trinajstić information content (AvgIpc) is 2.93. The molecule has 0 aliphatic rings. The number of nitrogens with one attached hydrogen (secondary N) is 1. The second kappa shape index (κ2) is 6.55. The lowest BCUT2D eigenvalue weighted by atomic mass is 10.2. The Bertz CT molecular complexity index is 680. The predicted molar refractivity (Wildman–Crippen MR) is 77.6 cm³/mol. The first kappa shape index (κ1) is 13.8. The molecule has 0 bridgehead atoms. The van der Waals surface area contributed by atoms with Crippen molar-refractivity contribution in [1.29, 1.82) is 0 Å². The van der Waals surface area contributed by atoms with Gasteiger partial charge in [-0.25, -0.2) is 4.79 Å². The first-order valence-electron chi connectivity index (χ1n) is 5.74. The largest absolute Gasteiger partial charge is 0.465 e. The van der Waals surface area contributed by atoms with Gasteiger partial charge in [0.15, 0.2) is 0 Å². The highest BCUT2D eigenvalue weighted by atomic mass is 32.1. The molecule has 0 radical (unpaired) electrons.